The van der Waals surface area contributed by atoms with Crippen molar-refractivity contribution in [3.8, 4) is 0 Å². The van der Waals surface area contributed by atoms with Crippen molar-refractivity contribution in [2.75, 3.05) is 7.05 Å². The highest BCUT2D eigenvalue weighted by molar-refractivity contribution is 5.06. The van der Waals surface area contributed by atoms with Gasteiger partial charge in [-0.05, 0) is 26.1 Å². The summed E-state index contributed by atoms with van der Waals surface area (Å²) < 4.78 is 46.2. The Balaban J connectivity index is 2.42. The minimum atomic E-state index is -4.33. The van der Waals surface area contributed by atoms with Crippen molar-refractivity contribution < 1.29 is 22.3 Å². The molecule has 0 aliphatic carbocycles. The summed E-state index contributed by atoms with van der Waals surface area (Å²) in [6.45, 7) is 1.33. The summed E-state index contributed by atoms with van der Waals surface area (Å²) in [6, 6.07) is 3.31. The Kier molecular flexibility index (Phi) is 4.37. The van der Waals surface area contributed by atoms with Crippen molar-refractivity contribution >= 4 is 0 Å². The van der Waals surface area contributed by atoms with Crippen LogP contribution in [0.1, 0.15) is 18.4 Å². The molecule has 0 fully saturated rings. The first-order valence-electron chi connectivity index (χ1n) is 4.84. The Labute approximate surface area is 91.6 Å². The predicted octanol–water partition coefficient (Wildman–Crippen LogP) is 2.47. The van der Waals surface area contributed by atoms with Crippen molar-refractivity contribution in [2.24, 2.45) is 0 Å². The van der Waals surface area contributed by atoms with Crippen LogP contribution in [0.5, 0.6) is 0 Å². The molecule has 1 atom stereocenters. The first kappa shape index (κ1) is 13.1. The number of nitrogens with one attached hydrogen (secondary N) is 1. The van der Waals surface area contributed by atoms with Gasteiger partial charge in [0.15, 0.2) is 6.10 Å². The molecule has 0 aliphatic heterocycles. The van der Waals surface area contributed by atoms with Gasteiger partial charge >= 0.3 is 6.18 Å². The molecule has 16 heavy (non-hydrogen) atoms. The molecule has 0 aromatic carbocycles. The van der Waals surface area contributed by atoms with Crippen LogP contribution in [0.2, 0.25) is 0 Å². The number of rotatable bonds is 5. The van der Waals surface area contributed by atoms with E-state index in [9.17, 15) is 13.2 Å². The van der Waals surface area contributed by atoms with Crippen molar-refractivity contribution in [1.82, 2.24) is 5.32 Å². The maximum absolute atomic E-state index is 12.1. The molecule has 1 aromatic heterocycles. The molecule has 1 N–H and O–H groups in total. The highest BCUT2D eigenvalue weighted by Gasteiger charge is 2.36. The summed E-state index contributed by atoms with van der Waals surface area (Å²) in [7, 11) is 1.75. The van der Waals surface area contributed by atoms with Gasteiger partial charge in [0.25, 0.3) is 0 Å². The van der Waals surface area contributed by atoms with Crippen LogP contribution in [0.25, 0.3) is 0 Å². The van der Waals surface area contributed by atoms with Gasteiger partial charge in [-0.2, -0.15) is 13.2 Å². The lowest BCUT2D eigenvalue weighted by Gasteiger charge is -2.15. The number of halogens is 3. The normalized spacial score (nSPS) is 14.1. The second-order valence-corrected chi connectivity index (χ2v) is 3.39. The van der Waals surface area contributed by atoms with Crippen LogP contribution in [0.15, 0.2) is 16.5 Å². The first-order chi connectivity index (χ1) is 7.43. The van der Waals surface area contributed by atoms with E-state index in [4.69, 9.17) is 4.42 Å². The zero-order valence-electron chi connectivity index (χ0n) is 9.10. The summed E-state index contributed by atoms with van der Waals surface area (Å²) >= 11 is 0. The lowest BCUT2D eigenvalue weighted by atomic mass is 10.4. The second-order valence-electron chi connectivity index (χ2n) is 3.39. The quantitative estimate of drug-likeness (QED) is 0.854. The van der Waals surface area contributed by atoms with Crippen LogP contribution in [0, 0.1) is 0 Å². The maximum Gasteiger partial charge on any atom is 0.414 e. The number of furan rings is 1. The summed E-state index contributed by atoms with van der Waals surface area (Å²) in [6.07, 6.45) is -6.12. The number of ether oxygens (including phenoxy) is 1. The highest BCUT2D eigenvalue weighted by Crippen LogP contribution is 2.23. The minimum absolute atomic E-state index is 0.176. The Morgan fingerprint density at radius 1 is 1.38 bits per heavy atom. The molecule has 0 saturated heterocycles. The van der Waals surface area contributed by atoms with Gasteiger partial charge in [0.1, 0.15) is 18.1 Å². The molecule has 1 aromatic rings. The molecule has 0 saturated carbocycles. The third kappa shape index (κ3) is 3.86. The zero-order valence-corrected chi connectivity index (χ0v) is 9.10. The van der Waals surface area contributed by atoms with Gasteiger partial charge in [0.05, 0.1) is 6.54 Å². The fourth-order valence-electron chi connectivity index (χ4n) is 1.07. The van der Waals surface area contributed by atoms with Gasteiger partial charge in [-0.25, -0.2) is 0 Å². The lowest BCUT2D eigenvalue weighted by Crippen LogP contribution is -2.28. The van der Waals surface area contributed by atoms with Crippen molar-refractivity contribution in [2.45, 2.75) is 32.4 Å². The van der Waals surface area contributed by atoms with Crippen LogP contribution in [0.3, 0.4) is 0 Å². The van der Waals surface area contributed by atoms with E-state index in [0.29, 0.717) is 18.1 Å². The standard InChI is InChI=1S/C10H14F3NO2/c1-7(10(11,12)13)15-6-9-4-3-8(16-9)5-14-2/h3-4,7,14H,5-6H2,1-2H3. The third-order valence-corrected chi connectivity index (χ3v) is 2.00. The topological polar surface area (TPSA) is 34.4 Å². The molecule has 1 heterocycles. The largest absolute Gasteiger partial charge is 0.462 e. The van der Waals surface area contributed by atoms with Gasteiger partial charge in [0, 0.05) is 0 Å². The van der Waals surface area contributed by atoms with E-state index in [1.54, 1.807) is 19.2 Å². The van der Waals surface area contributed by atoms with Crippen molar-refractivity contribution in [3.05, 3.63) is 23.7 Å². The second kappa shape index (κ2) is 5.36. The number of hydrogen-bond acceptors (Lipinski definition) is 3. The molecular weight excluding hydrogens is 223 g/mol. The minimum Gasteiger partial charge on any atom is -0.462 e. The Bertz CT molecular complexity index is 322. The molecule has 0 amide bonds. The highest BCUT2D eigenvalue weighted by atomic mass is 19.4. The van der Waals surface area contributed by atoms with E-state index in [0.717, 1.165) is 6.92 Å². The average Bonchev–Trinajstić information content (AvgIpc) is 2.61. The summed E-state index contributed by atoms with van der Waals surface area (Å²) in [5.41, 5.74) is 0. The van der Waals surface area contributed by atoms with Gasteiger partial charge in [0.2, 0.25) is 0 Å². The van der Waals surface area contributed by atoms with Crippen LogP contribution in [-0.4, -0.2) is 19.3 Å². The van der Waals surface area contributed by atoms with E-state index >= 15 is 0 Å². The van der Waals surface area contributed by atoms with Crippen molar-refractivity contribution in [1.29, 1.82) is 0 Å². The first-order valence-corrected chi connectivity index (χ1v) is 4.84. The van der Waals surface area contributed by atoms with Gasteiger partial charge < -0.3 is 14.5 Å². The van der Waals surface area contributed by atoms with Gasteiger partial charge in [-0.1, -0.05) is 0 Å². The molecule has 0 radical (unpaired) electrons. The third-order valence-electron chi connectivity index (χ3n) is 2.00. The van der Waals surface area contributed by atoms with Crippen LogP contribution in [-0.2, 0) is 17.9 Å². The SMILES string of the molecule is CNCc1ccc(COC(C)C(F)(F)F)o1. The molecular formula is C10H14F3NO2. The lowest BCUT2D eigenvalue weighted by molar-refractivity contribution is -0.218. The van der Waals surface area contributed by atoms with E-state index in [1.165, 1.54) is 0 Å². The molecule has 1 rings (SSSR count). The van der Waals surface area contributed by atoms with E-state index in [2.05, 4.69) is 10.1 Å². The molecule has 92 valence electrons. The Hall–Kier alpha value is -1.01. The van der Waals surface area contributed by atoms with Gasteiger partial charge in [-0.3, -0.25) is 0 Å². The van der Waals surface area contributed by atoms with Crippen LogP contribution in [0.4, 0.5) is 13.2 Å². The van der Waals surface area contributed by atoms with Gasteiger partial charge in [-0.15, -0.1) is 0 Å². The van der Waals surface area contributed by atoms with E-state index in [-0.39, 0.29) is 6.61 Å². The molecule has 1 unspecified atom stereocenters. The van der Waals surface area contributed by atoms with Crippen LogP contribution < -0.4 is 5.32 Å². The Morgan fingerprint density at radius 2 is 2.00 bits per heavy atom. The molecule has 0 aliphatic rings. The monoisotopic (exact) mass is 237 g/mol. The van der Waals surface area contributed by atoms with Crippen molar-refractivity contribution in [3.63, 3.8) is 0 Å². The molecule has 3 nitrogen and oxygen atoms in total. The number of alkyl halides is 3. The fourth-order valence-corrected chi connectivity index (χ4v) is 1.07. The Morgan fingerprint density at radius 3 is 2.56 bits per heavy atom. The maximum atomic E-state index is 12.1. The van der Waals surface area contributed by atoms with E-state index in [1.807, 2.05) is 0 Å². The molecule has 0 spiro atoms. The fraction of sp³-hybridized carbons (Fsp3) is 0.600. The van der Waals surface area contributed by atoms with Crippen LogP contribution >= 0.6 is 0 Å². The zero-order chi connectivity index (χ0) is 12.2. The summed E-state index contributed by atoms with van der Waals surface area (Å²) in [4.78, 5) is 0. The summed E-state index contributed by atoms with van der Waals surface area (Å²) in [5.74, 6) is 1.06. The molecule has 0 bridgehead atoms. The van der Waals surface area contributed by atoms with E-state index < -0.39 is 12.3 Å². The molecule has 6 heteroatoms. The number of hydrogen-bond donors (Lipinski definition) is 1. The summed E-state index contributed by atoms with van der Waals surface area (Å²) in [5, 5.41) is 2.87. The predicted molar refractivity (Wildman–Crippen MR) is 51.8 cm³/mol. The smallest absolute Gasteiger partial charge is 0.414 e. The average molecular weight is 237 g/mol.